The molecule has 0 saturated carbocycles. The van der Waals surface area contributed by atoms with Crippen LogP contribution in [0.25, 0.3) is 0 Å². The number of hydrogen-bond donors (Lipinski definition) is 6. The summed E-state index contributed by atoms with van der Waals surface area (Å²) in [6, 6.07) is 9.85. The topological polar surface area (TPSA) is 322 Å². The Kier molecular flexibility index (Phi) is 24.2. The average Bonchev–Trinajstić information content (AvgIpc) is 3.31. The highest BCUT2D eigenvalue weighted by atomic mass is 32.2. The number of nitrogens with zero attached hydrogens (tertiary/aromatic N) is 9. The molecule has 4 aromatic rings. The quantitative estimate of drug-likeness (QED) is 0.0138. The smallest absolute Gasteiger partial charge is 0.347 e. The molecule has 2 unspecified atom stereocenters. The van der Waals surface area contributed by atoms with Gasteiger partial charge in [0.05, 0.1) is 0 Å². The van der Waals surface area contributed by atoms with Gasteiger partial charge in [0.15, 0.2) is 35.7 Å². The fraction of sp³-hybridized carbons (Fsp3) is 0.512. The fourth-order valence-corrected chi connectivity index (χ4v) is 6.89. The van der Waals surface area contributed by atoms with Gasteiger partial charge < -0.3 is 50.7 Å². The van der Waals surface area contributed by atoms with Gasteiger partial charge in [-0.3, -0.25) is 4.79 Å². The van der Waals surface area contributed by atoms with Crippen LogP contribution in [0.3, 0.4) is 0 Å². The Morgan fingerprint density at radius 3 is 1.81 bits per heavy atom. The number of aryl methyl sites for hydroxylation is 3. The number of amides is 1. The van der Waals surface area contributed by atoms with E-state index in [4.69, 9.17) is 29.9 Å². The number of rotatable bonds is 31. The Balaban J connectivity index is 1.22. The summed E-state index contributed by atoms with van der Waals surface area (Å²) in [5, 5.41) is 13.5. The van der Waals surface area contributed by atoms with E-state index in [0.29, 0.717) is 110 Å². The number of thiol groups is 1. The second-order valence-corrected chi connectivity index (χ2v) is 16.8. The number of nitrogen functional groups attached to an aromatic ring is 1. The molecule has 24 nitrogen and oxygen atoms in total. The molecule has 0 spiro atoms. The van der Waals surface area contributed by atoms with E-state index >= 15 is 0 Å². The molecule has 6 N–H and O–H groups in total. The van der Waals surface area contributed by atoms with Gasteiger partial charge in [0.25, 0.3) is 5.91 Å². The number of methoxy groups -OCH3 is 1. The molecule has 3 aromatic heterocycles. The van der Waals surface area contributed by atoms with Gasteiger partial charge in [-0.1, -0.05) is 36.9 Å². The van der Waals surface area contributed by atoms with Gasteiger partial charge in [0.1, 0.15) is 24.1 Å². The second-order valence-electron chi connectivity index (χ2n) is 14.1. The molecule has 27 heteroatoms. The molecule has 2 atom stereocenters. The molecular formula is C41H56N14O10S3. The molecule has 0 saturated heterocycles. The summed E-state index contributed by atoms with van der Waals surface area (Å²) in [5.41, 5.74) is 5.89. The van der Waals surface area contributed by atoms with E-state index in [1.807, 2.05) is 37.3 Å². The molecule has 368 valence electrons. The van der Waals surface area contributed by atoms with E-state index in [9.17, 15) is 24.0 Å². The van der Waals surface area contributed by atoms with Crippen LogP contribution in [-0.2, 0) is 66.9 Å². The highest BCUT2D eigenvalue weighted by Crippen LogP contribution is 2.25. The molecular weight excluding hydrogens is 945 g/mol. The van der Waals surface area contributed by atoms with E-state index < -0.39 is 55.2 Å². The van der Waals surface area contributed by atoms with Crippen molar-refractivity contribution in [3.05, 3.63) is 47.8 Å². The van der Waals surface area contributed by atoms with Crippen molar-refractivity contribution < 1.29 is 47.7 Å². The monoisotopic (exact) mass is 1000 g/mol. The Bertz CT molecular complexity index is 2260. The van der Waals surface area contributed by atoms with E-state index in [1.54, 1.807) is 0 Å². The molecule has 68 heavy (non-hydrogen) atoms. The minimum absolute atomic E-state index is 0.150. The van der Waals surface area contributed by atoms with Crippen molar-refractivity contribution in [3.63, 3.8) is 0 Å². The number of esters is 4. The molecule has 0 aliphatic heterocycles. The standard InChI is InChI=1S/C41H56N14O10S3/c1-5-67-40-51-29(15-9-17-43-34(59)25(2)64-33(58)24-63-35(60)26(3)65-32(57)23-62-31(56)22-61-4)49-38(54-40)44-19-11-16-30-50-39(55-41(52-30)68-27-12-7-6-8-13-27)45-18-10-14-28-47-36(42)53-37(48-28)46-20-21-66/h6-8,12-13,25-26,66H,5,9-11,14-24H2,1-4H3,(H,43,59)(H,44,49,51,54)(H,45,50,52,55)(H3,42,46,47,48,53). The number of aromatic nitrogens is 9. The van der Waals surface area contributed by atoms with Crippen molar-refractivity contribution in [2.75, 3.05) is 86.3 Å². The summed E-state index contributed by atoms with van der Waals surface area (Å²) in [6.45, 7) is 4.51. The number of benzene rings is 1. The molecule has 1 amide bonds. The van der Waals surface area contributed by atoms with Crippen molar-refractivity contribution in [2.45, 2.75) is 86.7 Å². The first kappa shape index (κ1) is 54.4. The average molecular weight is 1000 g/mol. The number of carbonyl (C=O) groups is 5. The third-order valence-electron chi connectivity index (χ3n) is 8.50. The highest BCUT2D eigenvalue weighted by molar-refractivity contribution is 7.99. The minimum Gasteiger partial charge on any atom is -0.452 e. The highest BCUT2D eigenvalue weighted by Gasteiger charge is 2.23. The fourth-order valence-electron chi connectivity index (χ4n) is 5.41. The minimum atomic E-state index is -1.41. The number of carbonyl (C=O) groups excluding carboxylic acids is 5. The maximum absolute atomic E-state index is 12.6. The molecule has 0 aliphatic rings. The van der Waals surface area contributed by atoms with Crippen LogP contribution in [0.4, 0.5) is 23.8 Å². The lowest BCUT2D eigenvalue weighted by Crippen LogP contribution is -2.37. The molecule has 1 aromatic carbocycles. The first-order valence-corrected chi connectivity index (χ1v) is 23.9. The number of ether oxygens (including phenoxy) is 5. The number of nitrogens with two attached hydrogens (primary N) is 1. The zero-order valence-corrected chi connectivity index (χ0v) is 40.6. The zero-order valence-electron chi connectivity index (χ0n) is 38.1. The largest absolute Gasteiger partial charge is 0.452 e. The van der Waals surface area contributed by atoms with Crippen LogP contribution in [0.1, 0.15) is 57.5 Å². The number of hydrogen-bond acceptors (Lipinski definition) is 26. The number of nitrogens with one attached hydrogen (secondary N) is 4. The van der Waals surface area contributed by atoms with Gasteiger partial charge in [0, 0.05) is 63.2 Å². The van der Waals surface area contributed by atoms with E-state index in [-0.39, 0.29) is 19.1 Å². The summed E-state index contributed by atoms with van der Waals surface area (Å²) < 4.78 is 23.9. The summed E-state index contributed by atoms with van der Waals surface area (Å²) >= 11 is 7.12. The van der Waals surface area contributed by atoms with Gasteiger partial charge >= 0.3 is 23.9 Å². The predicted molar refractivity (Wildman–Crippen MR) is 253 cm³/mol. The lowest BCUT2D eigenvalue weighted by molar-refractivity contribution is -0.176. The molecule has 0 bridgehead atoms. The van der Waals surface area contributed by atoms with Crippen LogP contribution in [0.2, 0.25) is 0 Å². The SMILES string of the molecule is CCSc1nc(CCCNC(=O)C(C)OC(=O)COC(=O)C(C)OC(=O)COC(=O)COC)nc(NCCCc2nc(NCCCc3nc(N)nc(NCCS)n3)nc(Sc3ccccc3)n2)n1. The summed E-state index contributed by atoms with van der Waals surface area (Å²) in [4.78, 5) is 102. The molecule has 0 aliphatic carbocycles. The Morgan fingerprint density at radius 1 is 0.647 bits per heavy atom. The maximum Gasteiger partial charge on any atom is 0.347 e. The third-order valence-corrected chi connectivity index (χ3v) is 10.3. The van der Waals surface area contributed by atoms with Crippen LogP contribution >= 0.6 is 36.2 Å². The summed E-state index contributed by atoms with van der Waals surface area (Å²) in [5.74, 6) is 0.0971. The van der Waals surface area contributed by atoms with Crippen LogP contribution in [0.5, 0.6) is 0 Å². The van der Waals surface area contributed by atoms with Gasteiger partial charge in [-0.05, 0) is 62.8 Å². The molecule has 0 fully saturated rings. The van der Waals surface area contributed by atoms with Gasteiger partial charge in [0.2, 0.25) is 23.8 Å². The van der Waals surface area contributed by atoms with Gasteiger partial charge in [-0.2, -0.15) is 47.5 Å². The number of anilines is 4. The zero-order chi connectivity index (χ0) is 49.1. The van der Waals surface area contributed by atoms with Crippen LogP contribution < -0.4 is 27.0 Å². The second kappa shape index (κ2) is 30.2. The van der Waals surface area contributed by atoms with E-state index in [2.05, 4.69) is 78.3 Å². The number of thioether (sulfide) groups is 1. The normalized spacial score (nSPS) is 11.7. The van der Waals surface area contributed by atoms with Crippen LogP contribution in [0, 0.1) is 0 Å². The van der Waals surface area contributed by atoms with Crippen molar-refractivity contribution in [2.24, 2.45) is 0 Å². The van der Waals surface area contributed by atoms with Gasteiger partial charge in [-0.15, -0.1) is 0 Å². The van der Waals surface area contributed by atoms with Crippen molar-refractivity contribution in [1.82, 2.24) is 50.2 Å². The van der Waals surface area contributed by atoms with E-state index in [0.717, 1.165) is 10.6 Å². The Morgan fingerprint density at radius 2 is 1.19 bits per heavy atom. The van der Waals surface area contributed by atoms with Crippen molar-refractivity contribution in [3.8, 4) is 0 Å². The predicted octanol–water partition coefficient (Wildman–Crippen LogP) is 2.16. The molecule has 4 rings (SSSR count). The molecule has 3 heterocycles. The summed E-state index contributed by atoms with van der Waals surface area (Å²) in [6.07, 6.45) is 0.714. The van der Waals surface area contributed by atoms with Gasteiger partial charge in [-0.25, -0.2) is 29.1 Å². The first-order chi connectivity index (χ1) is 32.8. The Hall–Kier alpha value is -6.19. The first-order valence-electron chi connectivity index (χ1n) is 21.5. The summed E-state index contributed by atoms with van der Waals surface area (Å²) in [7, 11) is 1.27. The maximum atomic E-state index is 12.6. The molecule has 0 radical (unpaired) electrons. The lowest BCUT2D eigenvalue weighted by atomic mass is 10.3. The van der Waals surface area contributed by atoms with E-state index in [1.165, 1.54) is 44.5 Å². The third kappa shape index (κ3) is 21.2. The van der Waals surface area contributed by atoms with Crippen LogP contribution in [-0.4, -0.2) is 151 Å². The Labute approximate surface area is 406 Å². The van der Waals surface area contributed by atoms with Crippen molar-refractivity contribution >= 4 is 89.7 Å². The van der Waals surface area contributed by atoms with Crippen LogP contribution in [0.15, 0.2) is 45.5 Å². The lowest BCUT2D eigenvalue weighted by Gasteiger charge is -2.15. The van der Waals surface area contributed by atoms with Crippen molar-refractivity contribution in [1.29, 1.82) is 0 Å².